The van der Waals surface area contributed by atoms with Crippen LogP contribution in [0.25, 0.3) is 0 Å². The minimum atomic E-state index is -0.237. The number of carbonyl (C=O) groups is 1. The lowest BCUT2D eigenvalue weighted by atomic mass is 9.88. The molecule has 2 N–H and O–H groups in total. The molecule has 0 aromatic carbocycles. The van der Waals surface area contributed by atoms with Crippen LogP contribution >= 0.6 is 0 Å². The Morgan fingerprint density at radius 2 is 2.15 bits per heavy atom. The van der Waals surface area contributed by atoms with E-state index in [4.69, 9.17) is 4.74 Å². The average Bonchev–Trinajstić information content (AvgIpc) is 2.70. The van der Waals surface area contributed by atoms with Gasteiger partial charge in [-0.15, -0.1) is 0 Å². The zero-order valence-electron chi connectivity index (χ0n) is 13.2. The molecule has 4 heteroatoms. The SMILES string of the molecule is CCOC(=O)CC1CCC(O)C1CCCNCC(C)C. The monoisotopic (exact) mass is 285 g/mol. The number of rotatable bonds is 9. The zero-order chi connectivity index (χ0) is 15.0. The second-order valence-corrected chi connectivity index (χ2v) is 6.32. The van der Waals surface area contributed by atoms with Crippen LogP contribution in [0.15, 0.2) is 0 Å². The maximum Gasteiger partial charge on any atom is 0.306 e. The van der Waals surface area contributed by atoms with Crippen LogP contribution in [0.4, 0.5) is 0 Å². The fraction of sp³-hybridized carbons (Fsp3) is 0.938. The molecule has 0 aromatic rings. The number of hydrogen-bond acceptors (Lipinski definition) is 4. The molecule has 1 rings (SSSR count). The Balaban J connectivity index is 2.27. The third kappa shape index (κ3) is 6.23. The molecule has 118 valence electrons. The molecule has 0 amide bonds. The van der Waals surface area contributed by atoms with E-state index < -0.39 is 0 Å². The zero-order valence-corrected chi connectivity index (χ0v) is 13.2. The number of carbonyl (C=O) groups excluding carboxylic acids is 1. The predicted molar refractivity (Wildman–Crippen MR) is 80.4 cm³/mol. The Hall–Kier alpha value is -0.610. The highest BCUT2D eigenvalue weighted by Gasteiger charge is 2.35. The topological polar surface area (TPSA) is 58.6 Å². The lowest BCUT2D eigenvalue weighted by molar-refractivity contribution is -0.144. The first kappa shape index (κ1) is 17.4. The van der Waals surface area contributed by atoms with E-state index in [1.807, 2.05) is 6.92 Å². The first-order valence-corrected chi connectivity index (χ1v) is 8.09. The van der Waals surface area contributed by atoms with Crippen LogP contribution in [0.2, 0.25) is 0 Å². The molecule has 0 bridgehead atoms. The minimum Gasteiger partial charge on any atom is -0.466 e. The summed E-state index contributed by atoms with van der Waals surface area (Å²) >= 11 is 0. The van der Waals surface area contributed by atoms with Gasteiger partial charge in [-0.1, -0.05) is 13.8 Å². The third-order valence-electron chi connectivity index (χ3n) is 4.11. The molecule has 0 saturated heterocycles. The third-order valence-corrected chi connectivity index (χ3v) is 4.11. The smallest absolute Gasteiger partial charge is 0.306 e. The number of aliphatic hydroxyl groups is 1. The second kappa shape index (κ2) is 9.35. The van der Waals surface area contributed by atoms with Crippen molar-refractivity contribution < 1.29 is 14.6 Å². The van der Waals surface area contributed by atoms with Crippen LogP contribution in [-0.4, -0.2) is 36.9 Å². The number of aliphatic hydroxyl groups excluding tert-OH is 1. The highest BCUT2D eigenvalue weighted by molar-refractivity contribution is 5.69. The Bertz CT molecular complexity index is 281. The highest BCUT2D eigenvalue weighted by Crippen LogP contribution is 2.37. The van der Waals surface area contributed by atoms with Crippen molar-refractivity contribution in [1.82, 2.24) is 5.32 Å². The van der Waals surface area contributed by atoms with E-state index in [9.17, 15) is 9.90 Å². The minimum absolute atomic E-state index is 0.116. The van der Waals surface area contributed by atoms with Gasteiger partial charge in [0.1, 0.15) is 0 Å². The number of esters is 1. The molecule has 3 unspecified atom stereocenters. The summed E-state index contributed by atoms with van der Waals surface area (Å²) in [7, 11) is 0. The van der Waals surface area contributed by atoms with E-state index in [1.165, 1.54) is 0 Å². The van der Waals surface area contributed by atoms with E-state index in [1.54, 1.807) is 0 Å². The van der Waals surface area contributed by atoms with Gasteiger partial charge in [-0.25, -0.2) is 0 Å². The van der Waals surface area contributed by atoms with Gasteiger partial charge in [-0.05, 0) is 63.5 Å². The van der Waals surface area contributed by atoms with Crippen molar-refractivity contribution in [3.05, 3.63) is 0 Å². The van der Waals surface area contributed by atoms with Gasteiger partial charge in [0.25, 0.3) is 0 Å². The summed E-state index contributed by atoms with van der Waals surface area (Å²) in [4.78, 5) is 11.6. The lowest BCUT2D eigenvalue weighted by Crippen LogP contribution is -2.25. The quantitative estimate of drug-likeness (QED) is 0.504. The van der Waals surface area contributed by atoms with Gasteiger partial charge in [0.2, 0.25) is 0 Å². The number of nitrogens with one attached hydrogen (secondary N) is 1. The Kier molecular flexibility index (Phi) is 8.15. The van der Waals surface area contributed by atoms with Crippen molar-refractivity contribution in [2.75, 3.05) is 19.7 Å². The number of hydrogen-bond donors (Lipinski definition) is 2. The van der Waals surface area contributed by atoms with Crippen molar-refractivity contribution in [1.29, 1.82) is 0 Å². The van der Waals surface area contributed by atoms with Gasteiger partial charge >= 0.3 is 5.97 Å². The number of ether oxygens (including phenoxy) is 1. The van der Waals surface area contributed by atoms with Gasteiger partial charge in [0, 0.05) is 6.42 Å². The molecule has 1 aliphatic carbocycles. The first-order chi connectivity index (χ1) is 9.54. The summed E-state index contributed by atoms with van der Waals surface area (Å²) in [6, 6.07) is 0. The van der Waals surface area contributed by atoms with Gasteiger partial charge in [-0.3, -0.25) is 4.79 Å². The Labute approximate surface area is 123 Å². The van der Waals surface area contributed by atoms with Crippen molar-refractivity contribution in [2.45, 2.75) is 59.0 Å². The molecule has 1 fully saturated rings. The van der Waals surface area contributed by atoms with Crippen molar-refractivity contribution in [2.24, 2.45) is 17.8 Å². The summed E-state index contributed by atoms with van der Waals surface area (Å²) in [5, 5.41) is 13.5. The molecule has 3 atom stereocenters. The maximum atomic E-state index is 11.6. The van der Waals surface area contributed by atoms with Crippen LogP contribution in [0, 0.1) is 17.8 Å². The van der Waals surface area contributed by atoms with Gasteiger partial charge < -0.3 is 15.2 Å². The van der Waals surface area contributed by atoms with Crippen LogP contribution in [0.3, 0.4) is 0 Å². The van der Waals surface area contributed by atoms with Crippen LogP contribution in [0.1, 0.15) is 52.9 Å². The fourth-order valence-corrected chi connectivity index (χ4v) is 3.10. The van der Waals surface area contributed by atoms with Gasteiger partial charge in [0.05, 0.1) is 12.7 Å². The molecular weight excluding hydrogens is 254 g/mol. The van der Waals surface area contributed by atoms with Crippen molar-refractivity contribution in [3.8, 4) is 0 Å². The summed E-state index contributed by atoms with van der Waals surface area (Å²) in [5.74, 6) is 1.12. The molecule has 0 heterocycles. The Morgan fingerprint density at radius 1 is 1.40 bits per heavy atom. The Morgan fingerprint density at radius 3 is 2.80 bits per heavy atom. The van der Waals surface area contributed by atoms with Gasteiger partial charge in [0.15, 0.2) is 0 Å². The first-order valence-electron chi connectivity index (χ1n) is 8.09. The summed E-state index contributed by atoms with van der Waals surface area (Å²) in [5.41, 5.74) is 0. The summed E-state index contributed by atoms with van der Waals surface area (Å²) in [6.45, 7) is 8.70. The van der Waals surface area contributed by atoms with E-state index in [0.717, 1.165) is 38.8 Å². The second-order valence-electron chi connectivity index (χ2n) is 6.32. The van der Waals surface area contributed by atoms with Crippen LogP contribution in [0.5, 0.6) is 0 Å². The average molecular weight is 285 g/mol. The molecular formula is C16H31NO3. The van der Waals surface area contributed by atoms with E-state index >= 15 is 0 Å². The maximum absolute atomic E-state index is 11.6. The molecule has 0 radical (unpaired) electrons. The standard InChI is InChI=1S/C16H31NO3/c1-4-20-16(19)10-13-7-8-15(18)14(13)6-5-9-17-11-12(2)3/h12-15,17-18H,4-11H2,1-3H3. The lowest BCUT2D eigenvalue weighted by Gasteiger charge is -2.21. The molecule has 4 nitrogen and oxygen atoms in total. The molecule has 20 heavy (non-hydrogen) atoms. The molecule has 0 aliphatic heterocycles. The largest absolute Gasteiger partial charge is 0.466 e. The van der Waals surface area contributed by atoms with Crippen molar-refractivity contribution in [3.63, 3.8) is 0 Å². The molecule has 1 aliphatic rings. The summed E-state index contributed by atoms with van der Waals surface area (Å²) < 4.78 is 5.02. The molecule has 0 aromatic heterocycles. The highest BCUT2D eigenvalue weighted by atomic mass is 16.5. The molecule has 1 saturated carbocycles. The normalized spacial score (nSPS) is 26.1. The van der Waals surface area contributed by atoms with Gasteiger partial charge in [-0.2, -0.15) is 0 Å². The fourth-order valence-electron chi connectivity index (χ4n) is 3.10. The molecule has 0 spiro atoms. The van der Waals surface area contributed by atoms with Crippen molar-refractivity contribution >= 4 is 5.97 Å². The van der Waals surface area contributed by atoms with E-state index in [0.29, 0.717) is 24.9 Å². The van der Waals surface area contributed by atoms with Crippen LogP contribution < -0.4 is 5.32 Å². The van der Waals surface area contributed by atoms with Crippen LogP contribution in [-0.2, 0) is 9.53 Å². The predicted octanol–water partition coefficient (Wildman–Crippen LogP) is 2.35. The summed E-state index contributed by atoms with van der Waals surface area (Å²) in [6.07, 6.45) is 4.07. The van der Waals surface area contributed by atoms with E-state index in [2.05, 4.69) is 19.2 Å². The van der Waals surface area contributed by atoms with E-state index in [-0.39, 0.29) is 18.0 Å².